The molecule has 0 aromatic carbocycles. The predicted octanol–water partition coefficient (Wildman–Crippen LogP) is 2.94. The van der Waals surface area contributed by atoms with Crippen molar-refractivity contribution in [2.45, 2.75) is 25.8 Å². The number of thiophene rings is 1. The minimum absolute atomic E-state index is 0.0531. The van der Waals surface area contributed by atoms with Gasteiger partial charge in [0.1, 0.15) is 0 Å². The minimum atomic E-state index is -0.0531. The molecule has 0 spiro atoms. The van der Waals surface area contributed by atoms with Gasteiger partial charge in [0.15, 0.2) is 0 Å². The maximum atomic E-state index is 6.18. The largest absolute Gasteiger partial charge is 0.323 e. The first kappa shape index (κ1) is 12.6. The van der Waals surface area contributed by atoms with E-state index in [4.69, 9.17) is 17.3 Å². The van der Waals surface area contributed by atoms with Crippen LogP contribution in [0.3, 0.4) is 0 Å². The third kappa shape index (κ3) is 2.70. The average Bonchev–Trinajstić information content (AvgIpc) is 2.86. The van der Waals surface area contributed by atoms with Crippen LogP contribution >= 0.6 is 22.9 Å². The molecule has 0 bridgehead atoms. The lowest BCUT2D eigenvalue weighted by Gasteiger charge is -2.10. The summed E-state index contributed by atoms with van der Waals surface area (Å²) < 4.78 is 1.90. The minimum Gasteiger partial charge on any atom is -0.323 e. The topological polar surface area (TPSA) is 43.8 Å². The van der Waals surface area contributed by atoms with E-state index in [9.17, 15) is 0 Å². The number of halogens is 1. The van der Waals surface area contributed by atoms with Crippen LogP contribution in [0.25, 0.3) is 0 Å². The van der Waals surface area contributed by atoms with E-state index < -0.39 is 0 Å². The number of hydrogen-bond donors (Lipinski definition) is 1. The summed E-state index contributed by atoms with van der Waals surface area (Å²) >= 11 is 7.69. The van der Waals surface area contributed by atoms with Crippen molar-refractivity contribution < 1.29 is 0 Å². The van der Waals surface area contributed by atoms with Crippen LogP contribution < -0.4 is 5.73 Å². The van der Waals surface area contributed by atoms with E-state index in [1.807, 2.05) is 23.2 Å². The second-order valence-electron chi connectivity index (χ2n) is 4.05. The van der Waals surface area contributed by atoms with Gasteiger partial charge < -0.3 is 5.73 Å². The maximum Gasteiger partial charge on any atom is 0.0624 e. The fraction of sp³-hybridized carbons (Fsp3) is 0.417. The summed E-state index contributed by atoms with van der Waals surface area (Å²) in [5, 5.41) is 7.15. The third-order valence-corrected chi connectivity index (χ3v) is 4.29. The predicted molar refractivity (Wildman–Crippen MR) is 72.5 cm³/mol. The maximum absolute atomic E-state index is 6.18. The first-order chi connectivity index (χ1) is 8.11. The molecule has 17 heavy (non-hydrogen) atoms. The van der Waals surface area contributed by atoms with Crippen LogP contribution in [0.5, 0.6) is 0 Å². The number of aryl methyl sites for hydroxylation is 2. The molecule has 2 aromatic rings. The van der Waals surface area contributed by atoms with Gasteiger partial charge in [-0.25, -0.2) is 0 Å². The number of nitrogens with zero attached hydrogens (tertiary/aromatic N) is 2. The highest BCUT2D eigenvalue weighted by molar-refractivity contribution is 7.10. The lowest BCUT2D eigenvalue weighted by Crippen LogP contribution is -2.14. The molecule has 0 radical (unpaired) electrons. The molecule has 0 amide bonds. The smallest absolute Gasteiger partial charge is 0.0624 e. The van der Waals surface area contributed by atoms with E-state index in [1.165, 1.54) is 0 Å². The Hall–Kier alpha value is -0.840. The molecule has 2 heterocycles. The van der Waals surface area contributed by atoms with Crippen LogP contribution in [0.2, 0.25) is 5.02 Å². The number of rotatable bonds is 4. The van der Waals surface area contributed by atoms with Crippen LogP contribution in [0.15, 0.2) is 17.5 Å². The third-order valence-electron chi connectivity index (χ3n) is 2.80. The SMILES string of the molecule is CCc1cc(CC(N)c2sccc2Cl)n(C)n1. The van der Waals surface area contributed by atoms with Crippen LogP contribution in [0.4, 0.5) is 0 Å². The Labute approximate surface area is 110 Å². The Kier molecular flexibility index (Phi) is 3.86. The van der Waals surface area contributed by atoms with Crippen molar-refractivity contribution in [3.8, 4) is 0 Å². The molecule has 2 N–H and O–H groups in total. The molecular weight excluding hydrogens is 254 g/mol. The van der Waals surface area contributed by atoms with E-state index >= 15 is 0 Å². The molecular formula is C12H16ClN3S. The molecule has 1 atom stereocenters. The van der Waals surface area contributed by atoms with Crippen molar-refractivity contribution in [3.05, 3.63) is 38.8 Å². The second kappa shape index (κ2) is 5.21. The van der Waals surface area contributed by atoms with E-state index in [1.54, 1.807) is 11.3 Å². The quantitative estimate of drug-likeness (QED) is 0.927. The van der Waals surface area contributed by atoms with Crippen molar-refractivity contribution in [1.82, 2.24) is 9.78 Å². The van der Waals surface area contributed by atoms with Gasteiger partial charge in [0.05, 0.1) is 10.7 Å². The monoisotopic (exact) mass is 269 g/mol. The zero-order valence-corrected chi connectivity index (χ0v) is 11.6. The lowest BCUT2D eigenvalue weighted by atomic mass is 10.1. The van der Waals surface area contributed by atoms with Gasteiger partial charge in [0.2, 0.25) is 0 Å². The zero-order chi connectivity index (χ0) is 12.4. The summed E-state index contributed by atoms with van der Waals surface area (Å²) in [4.78, 5) is 1.05. The summed E-state index contributed by atoms with van der Waals surface area (Å²) in [6.07, 6.45) is 1.71. The highest BCUT2D eigenvalue weighted by atomic mass is 35.5. The first-order valence-corrected chi connectivity index (χ1v) is 6.87. The van der Waals surface area contributed by atoms with Gasteiger partial charge in [-0.2, -0.15) is 5.10 Å². The molecule has 2 aromatic heterocycles. The van der Waals surface area contributed by atoms with Crippen molar-refractivity contribution in [1.29, 1.82) is 0 Å². The standard InChI is InChI=1S/C12H16ClN3S/c1-3-8-6-9(16(2)15-8)7-11(14)12-10(13)4-5-17-12/h4-6,11H,3,7,14H2,1-2H3. The van der Waals surface area contributed by atoms with Crippen molar-refractivity contribution in [2.24, 2.45) is 12.8 Å². The molecule has 3 nitrogen and oxygen atoms in total. The summed E-state index contributed by atoms with van der Waals surface area (Å²) in [6.45, 7) is 2.10. The zero-order valence-electron chi connectivity index (χ0n) is 9.98. The first-order valence-electron chi connectivity index (χ1n) is 5.62. The van der Waals surface area contributed by atoms with Crippen molar-refractivity contribution in [2.75, 3.05) is 0 Å². The summed E-state index contributed by atoms with van der Waals surface area (Å²) in [5.74, 6) is 0. The van der Waals surface area contributed by atoms with Gasteiger partial charge in [-0.05, 0) is 23.9 Å². The molecule has 0 fully saturated rings. The molecule has 0 saturated carbocycles. The van der Waals surface area contributed by atoms with Gasteiger partial charge >= 0.3 is 0 Å². The molecule has 1 unspecified atom stereocenters. The Morgan fingerprint density at radius 1 is 1.59 bits per heavy atom. The van der Waals surface area contributed by atoms with E-state index in [0.717, 1.165) is 34.1 Å². The highest BCUT2D eigenvalue weighted by Gasteiger charge is 2.14. The van der Waals surface area contributed by atoms with Crippen LogP contribution in [-0.2, 0) is 19.9 Å². The summed E-state index contributed by atoms with van der Waals surface area (Å²) in [7, 11) is 1.96. The second-order valence-corrected chi connectivity index (χ2v) is 5.40. The molecule has 0 aliphatic carbocycles. The molecule has 5 heteroatoms. The van der Waals surface area contributed by atoms with Gasteiger partial charge in [0, 0.05) is 30.1 Å². The molecule has 0 aliphatic rings. The van der Waals surface area contributed by atoms with Crippen LogP contribution in [-0.4, -0.2) is 9.78 Å². The number of hydrogen-bond acceptors (Lipinski definition) is 3. The van der Waals surface area contributed by atoms with Gasteiger partial charge in [-0.15, -0.1) is 11.3 Å². The lowest BCUT2D eigenvalue weighted by molar-refractivity contribution is 0.644. The molecule has 2 rings (SSSR count). The van der Waals surface area contributed by atoms with Gasteiger partial charge in [-0.1, -0.05) is 18.5 Å². The Morgan fingerprint density at radius 3 is 2.88 bits per heavy atom. The van der Waals surface area contributed by atoms with E-state index in [-0.39, 0.29) is 6.04 Å². The number of aromatic nitrogens is 2. The molecule has 92 valence electrons. The van der Waals surface area contributed by atoms with Crippen LogP contribution in [0.1, 0.15) is 29.2 Å². The van der Waals surface area contributed by atoms with Gasteiger partial charge in [0.25, 0.3) is 0 Å². The van der Waals surface area contributed by atoms with Crippen molar-refractivity contribution in [3.63, 3.8) is 0 Å². The highest BCUT2D eigenvalue weighted by Crippen LogP contribution is 2.29. The summed E-state index contributed by atoms with van der Waals surface area (Å²) in [5.41, 5.74) is 8.43. The van der Waals surface area contributed by atoms with Crippen LogP contribution in [0, 0.1) is 0 Å². The summed E-state index contributed by atoms with van der Waals surface area (Å²) in [6, 6.07) is 3.95. The molecule has 0 saturated heterocycles. The number of nitrogens with two attached hydrogens (primary N) is 1. The van der Waals surface area contributed by atoms with Crippen molar-refractivity contribution >= 4 is 22.9 Å². The Bertz CT molecular complexity index is 504. The fourth-order valence-electron chi connectivity index (χ4n) is 1.82. The Balaban J connectivity index is 2.15. The van der Waals surface area contributed by atoms with Gasteiger partial charge in [-0.3, -0.25) is 4.68 Å². The molecule has 0 aliphatic heterocycles. The van der Waals surface area contributed by atoms with E-state index in [0.29, 0.717) is 0 Å². The Morgan fingerprint density at radius 2 is 2.35 bits per heavy atom. The normalized spacial score (nSPS) is 12.9. The van der Waals surface area contributed by atoms with E-state index in [2.05, 4.69) is 18.1 Å². The average molecular weight is 270 g/mol. The fourth-order valence-corrected chi connectivity index (χ4v) is 3.02.